The lowest BCUT2D eigenvalue weighted by atomic mass is 9.82. The second kappa shape index (κ2) is 6.83. The third-order valence-corrected chi connectivity index (χ3v) is 5.15. The van der Waals surface area contributed by atoms with Gasteiger partial charge in [-0.3, -0.25) is 4.79 Å². The lowest BCUT2D eigenvalue weighted by molar-refractivity contribution is -0.122. The zero-order valence-corrected chi connectivity index (χ0v) is 16.0. The van der Waals surface area contributed by atoms with Crippen LogP contribution in [0, 0.1) is 17.0 Å². The predicted molar refractivity (Wildman–Crippen MR) is 100 cm³/mol. The first-order valence-corrected chi connectivity index (χ1v) is 8.76. The second-order valence-electron chi connectivity index (χ2n) is 6.95. The van der Waals surface area contributed by atoms with Gasteiger partial charge < -0.3 is 14.4 Å². The molecule has 2 aliphatic rings. The van der Waals surface area contributed by atoms with Gasteiger partial charge in [0, 0.05) is 6.07 Å². The molecule has 1 aromatic carbocycles. The van der Waals surface area contributed by atoms with E-state index in [1.807, 2.05) is 26.0 Å². The summed E-state index contributed by atoms with van der Waals surface area (Å²) in [5, 5.41) is 0. The van der Waals surface area contributed by atoms with Crippen LogP contribution in [0.1, 0.15) is 26.7 Å². The molecule has 2 fully saturated rings. The number of hydrogen-bond donors (Lipinski definition) is 0. The van der Waals surface area contributed by atoms with Crippen molar-refractivity contribution in [1.82, 2.24) is 0 Å². The van der Waals surface area contributed by atoms with Crippen LogP contribution in [-0.4, -0.2) is 26.7 Å². The van der Waals surface area contributed by atoms with Gasteiger partial charge in [0.2, 0.25) is 5.91 Å². The summed E-state index contributed by atoms with van der Waals surface area (Å²) in [7, 11) is 2.57. The number of carbonyl (C=O) groups is 1. The fraction of sp³-hybridized carbons (Fsp3) is 0.381. The van der Waals surface area contributed by atoms with Crippen LogP contribution in [0.2, 0.25) is 0 Å². The Kier molecular flexibility index (Phi) is 4.84. The molecule has 0 N–H and O–H groups in total. The molecule has 0 radical (unpaired) electrons. The van der Waals surface area contributed by atoms with E-state index in [0.29, 0.717) is 12.8 Å². The number of hydrogen-bond acceptors (Lipinski definition) is 3. The monoisotopic (exact) mass is 375 g/mol. The van der Waals surface area contributed by atoms with E-state index in [-0.39, 0.29) is 24.0 Å². The van der Waals surface area contributed by atoms with Crippen molar-refractivity contribution >= 4 is 11.6 Å². The van der Waals surface area contributed by atoms with E-state index in [1.54, 1.807) is 0 Å². The van der Waals surface area contributed by atoms with Crippen molar-refractivity contribution in [2.24, 2.45) is 5.41 Å². The van der Waals surface area contributed by atoms with Gasteiger partial charge in [0.1, 0.15) is 5.69 Å². The fourth-order valence-electron chi connectivity index (χ4n) is 3.63. The van der Waals surface area contributed by atoms with E-state index < -0.39 is 22.7 Å². The van der Waals surface area contributed by atoms with E-state index in [2.05, 4.69) is 6.58 Å². The predicted octanol–water partition coefficient (Wildman–Crippen LogP) is 4.56. The van der Waals surface area contributed by atoms with Crippen LogP contribution in [-0.2, 0) is 4.79 Å². The Balaban J connectivity index is 2.18. The van der Waals surface area contributed by atoms with E-state index in [4.69, 9.17) is 9.47 Å². The van der Waals surface area contributed by atoms with Crippen molar-refractivity contribution in [1.29, 1.82) is 0 Å². The smallest absolute Gasteiger partial charge is 0.238 e. The number of ether oxygens (including phenoxy) is 2. The number of amides is 1. The Morgan fingerprint density at radius 3 is 2.19 bits per heavy atom. The van der Waals surface area contributed by atoms with E-state index in [1.165, 1.54) is 19.1 Å². The van der Waals surface area contributed by atoms with Gasteiger partial charge in [0.25, 0.3) is 0 Å². The molecule has 27 heavy (non-hydrogen) atoms. The molecule has 1 aliphatic carbocycles. The van der Waals surface area contributed by atoms with Crippen molar-refractivity contribution in [3.8, 4) is 11.5 Å². The van der Waals surface area contributed by atoms with Crippen LogP contribution in [0.15, 0.2) is 41.5 Å². The highest BCUT2D eigenvalue weighted by molar-refractivity contribution is 6.05. The van der Waals surface area contributed by atoms with Crippen LogP contribution in [0.3, 0.4) is 0 Å². The van der Waals surface area contributed by atoms with Gasteiger partial charge in [-0.1, -0.05) is 24.3 Å². The molecular weight excluding hydrogens is 352 g/mol. The first-order chi connectivity index (χ1) is 12.8. The number of rotatable bonds is 4. The van der Waals surface area contributed by atoms with Crippen molar-refractivity contribution in [3.63, 3.8) is 0 Å². The largest absolute Gasteiger partial charge is 0.493 e. The van der Waals surface area contributed by atoms with Gasteiger partial charge in [-0.05, 0) is 37.8 Å². The Morgan fingerprint density at radius 1 is 1.22 bits per heavy atom. The van der Waals surface area contributed by atoms with Crippen LogP contribution < -0.4 is 14.4 Å². The molecule has 0 aromatic heterocycles. The zero-order chi connectivity index (χ0) is 19.9. The lowest BCUT2D eigenvalue weighted by Gasteiger charge is -2.37. The van der Waals surface area contributed by atoms with Gasteiger partial charge in [0.15, 0.2) is 23.1 Å². The average Bonchev–Trinajstić information content (AvgIpc) is 3.43. The average molecular weight is 375 g/mol. The van der Waals surface area contributed by atoms with Crippen molar-refractivity contribution in [3.05, 3.63) is 53.2 Å². The maximum atomic E-state index is 15.0. The summed E-state index contributed by atoms with van der Waals surface area (Å²) in [6.07, 6.45) is 5.06. The number of benzene rings is 1. The number of allylic oxidation sites excluding steroid dienone is 3. The summed E-state index contributed by atoms with van der Waals surface area (Å²) in [4.78, 5) is 14.5. The third-order valence-electron chi connectivity index (χ3n) is 5.15. The molecule has 3 rings (SSSR count). The maximum Gasteiger partial charge on any atom is 0.238 e. The van der Waals surface area contributed by atoms with E-state index >= 15 is 0 Å². The molecule has 4 nitrogen and oxygen atoms in total. The molecule has 0 unspecified atom stereocenters. The molecule has 0 bridgehead atoms. The molecule has 1 amide bonds. The normalized spacial score (nSPS) is 21.1. The minimum absolute atomic E-state index is 0.0698. The molecule has 1 saturated heterocycles. The Morgan fingerprint density at radius 2 is 1.78 bits per heavy atom. The summed E-state index contributed by atoms with van der Waals surface area (Å²) in [6, 6.07) is 1.14. The molecule has 1 saturated carbocycles. The highest BCUT2D eigenvalue weighted by atomic mass is 19.1. The zero-order valence-electron chi connectivity index (χ0n) is 16.0. The van der Waals surface area contributed by atoms with Gasteiger partial charge in [-0.15, -0.1) is 0 Å². The molecule has 1 aliphatic heterocycles. The van der Waals surface area contributed by atoms with Crippen molar-refractivity contribution in [2.75, 3.05) is 25.7 Å². The minimum Gasteiger partial charge on any atom is -0.493 e. The third kappa shape index (κ3) is 2.93. The molecule has 6 heteroatoms. The van der Waals surface area contributed by atoms with Crippen LogP contribution >= 0.6 is 0 Å². The maximum absolute atomic E-state index is 15.0. The van der Waals surface area contributed by atoms with Gasteiger partial charge in [-0.25, -0.2) is 8.78 Å². The molecule has 1 heterocycles. The van der Waals surface area contributed by atoms with Gasteiger partial charge in [-0.2, -0.15) is 0 Å². The minimum atomic E-state index is -0.914. The van der Waals surface area contributed by atoms with E-state index in [9.17, 15) is 13.6 Å². The van der Waals surface area contributed by atoms with Crippen LogP contribution in [0.5, 0.6) is 11.5 Å². The number of anilines is 1. The lowest BCUT2D eigenvalue weighted by Crippen LogP contribution is -2.46. The van der Waals surface area contributed by atoms with Crippen molar-refractivity contribution in [2.45, 2.75) is 26.7 Å². The standard InChI is InChI=1S/C21H23F2NO3/c1-6-13-11-24(20(25)21(7-8-21)14(13)9-12(2)3)19-17(22)15(26-4)10-16(27-5)18(19)23/h6,9-10H,2,7-8,11H2,1,3-5H3/b13-6?,14-9+. The summed E-state index contributed by atoms with van der Waals surface area (Å²) < 4.78 is 39.9. The first kappa shape index (κ1) is 19.1. The van der Waals surface area contributed by atoms with Crippen LogP contribution in [0.4, 0.5) is 14.5 Å². The van der Waals surface area contributed by atoms with Gasteiger partial charge in [0.05, 0.1) is 26.2 Å². The summed E-state index contributed by atoms with van der Waals surface area (Å²) >= 11 is 0. The van der Waals surface area contributed by atoms with Gasteiger partial charge >= 0.3 is 0 Å². The Bertz CT molecular complexity index is 854. The number of methoxy groups -OCH3 is 2. The molecule has 1 spiro atoms. The highest BCUT2D eigenvalue weighted by Gasteiger charge is 2.58. The molecule has 144 valence electrons. The molecule has 0 atom stereocenters. The van der Waals surface area contributed by atoms with E-state index in [0.717, 1.165) is 22.8 Å². The number of carbonyl (C=O) groups excluding carboxylic acids is 1. The quantitative estimate of drug-likeness (QED) is 0.775. The summed E-state index contributed by atoms with van der Waals surface area (Å²) in [5.74, 6) is -2.49. The van der Waals surface area contributed by atoms with Crippen molar-refractivity contribution < 1.29 is 23.0 Å². The summed E-state index contributed by atoms with van der Waals surface area (Å²) in [5.41, 5.74) is 1.41. The number of halogens is 2. The second-order valence-corrected chi connectivity index (χ2v) is 6.95. The Labute approximate surface area is 157 Å². The topological polar surface area (TPSA) is 38.8 Å². The fourth-order valence-corrected chi connectivity index (χ4v) is 3.63. The summed E-state index contributed by atoms with van der Waals surface area (Å²) in [6.45, 7) is 7.69. The molecular formula is C21H23F2NO3. The number of nitrogens with zero attached hydrogens (tertiary/aromatic N) is 1. The molecule has 1 aromatic rings. The van der Waals surface area contributed by atoms with Crippen LogP contribution in [0.25, 0.3) is 0 Å². The highest BCUT2D eigenvalue weighted by Crippen LogP contribution is 2.59. The first-order valence-electron chi connectivity index (χ1n) is 8.76. The Hall–Kier alpha value is -2.63. The SMILES string of the molecule is C=C(C)/C=C1\C(=CC)CN(c2c(F)c(OC)cc(OC)c2F)C(=O)C12CC2. The number of piperidine rings is 1.